The summed E-state index contributed by atoms with van der Waals surface area (Å²) in [5.41, 5.74) is 4.86. The first-order chi connectivity index (χ1) is 11.6. The zero-order valence-corrected chi connectivity index (χ0v) is 15.7. The summed E-state index contributed by atoms with van der Waals surface area (Å²) in [4.78, 5) is 2.04. The molecule has 2 aromatic carbocycles. The third kappa shape index (κ3) is 4.26. The lowest BCUT2D eigenvalue weighted by atomic mass is 10.0. The van der Waals surface area contributed by atoms with Gasteiger partial charge < -0.3 is 15.0 Å². The summed E-state index contributed by atoms with van der Waals surface area (Å²) in [6.45, 7) is 5.04. The Morgan fingerprint density at radius 1 is 1.00 bits per heavy atom. The van der Waals surface area contributed by atoms with Gasteiger partial charge in [0.1, 0.15) is 5.75 Å². The van der Waals surface area contributed by atoms with Crippen molar-refractivity contribution in [3.05, 3.63) is 59.2 Å². The Hall–Kier alpha value is -2.07. The van der Waals surface area contributed by atoms with Gasteiger partial charge in [-0.25, -0.2) is 0 Å². The average Bonchev–Trinajstić information content (AvgIpc) is 2.62. The molecule has 2 aromatic rings. The minimum absolute atomic E-state index is 0.700. The van der Waals surface area contributed by atoms with Crippen LogP contribution in [0.3, 0.4) is 0 Å². The zero-order valence-electron chi connectivity index (χ0n) is 14.9. The summed E-state index contributed by atoms with van der Waals surface area (Å²) < 4.78 is 5.43. The third-order valence-electron chi connectivity index (χ3n) is 4.18. The van der Waals surface area contributed by atoms with E-state index in [0.717, 1.165) is 35.0 Å². The summed E-state index contributed by atoms with van der Waals surface area (Å²) >= 11 is 5.63. The van der Waals surface area contributed by atoms with Crippen molar-refractivity contribution in [3.8, 4) is 5.75 Å². The number of thiocarbonyl (C=S) groups is 1. The van der Waals surface area contributed by atoms with Crippen molar-refractivity contribution in [1.29, 1.82) is 0 Å². The lowest BCUT2D eigenvalue weighted by Crippen LogP contribution is -2.31. The van der Waals surface area contributed by atoms with Gasteiger partial charge in [0.15, 0.2) is 5.11 Å². The fraction of sp³-hybridized carbons (Fsp3) is 0.350. The molecule has 0 aliphatic heterocycles. The topological polar surface area (TPSA) is 24.5 Å². The van der Waals surface area contributed by atoms with Gasteiger partial charge in [-0.1, -0.05) is 50.2 Å². The highest BCUT2D eigenvalue weighted by Crippen LogP contribution is 2.24. The van der Waals surface area contributed by atoms with Crippen LogP contribution < -0.4 is 10.1 Å². The second kappa shape index (κ2) is 8.69. The number of benzene rings is 2. The highest BCUT2D eigenvalue weighted by Gasteiger charge is 2.12. The van der Waals surface area contributed by atoms with Crippen molar-refractivity contribution in [2.45, 2.75) is 33.2 Å². The summed E-state index contributed by atoms with van der Waals surface area (Å²) in [7, 11) is 3.70. The van der Waals surface area contributed by atoms with Crippen LogP contribution in [0.15, 0.2) is 42.5 Å². The molecule has 0 aromatic heterocycles. The van der Waals surface area contributed by atoms with E-state index in [1.807, 2.05) is 30.1 Å². The Balaban J connectivity index is 2.15. The molecule has 4 heteroatoms. The second-order valence-corrected chi connectivity index (χ2v) is 6.14. The largest absolute Gasteiger partial charge is 0.496 e. The van der Waals surface area contributed by atoms with Crippen molar-refractivity contribution in [2.24, 2.45) is 0 Å². The molecule has 128 valence electrons. The molecule has 0 unspecified atom stereocenters. The molecule has 0 spiro atoms. The van der Waals surface area contributed by atoms with Gasteiger partial charge in [-0.3, -0.25) is 0 Å². The Morgan fingerprint density at radius 2 is 1.58 bits per heavy atom. The Labute approximate surface area is 150 Å². The molecule has 24 heavy (non-hydrogen) atoms. The maximum absolute atomic E-state index is 5.63. The maximum atomic E-state index is 5.63. The molecule has 0 saturated carbocycles. The number of aryl methyl sites for hydroxylation is 2. The molecule has 2 rings (SSSR count). The van der Waals surface area contributed by atoms with Crippen LogP contribution in [0, 0.1) is 0 Å². The van der Waals surface area contributed by atoms with Gasteiger partial charge in [0.05, 0.1) is 7.11 Å². The van der Waals surface area contributed by atoms with Crippen LogP contribution in [0.2, 0.25) is 0 Å². The minimum atomic E-state index is 0.700. The zero-order chi connectivity index (χ0) is 17.5. The molecule has 0 fully saturated rings. The van der Waals surface area contributed by atoms with Crippen LogP contribution >= 0.6 is 12.2 Å². The molecule has 0 aliphatic rings. The lowest BCUT2D eigenvalue weighted by molar-refractivity contribution is 0.399. The van der Waals surface area contributed by atoms with Crippen LogP contribution in [-0.4, -0.2) is 24.2 Å². The molecule has 1 N–H and O–H groups in total. The quantitative estimate of drug-likeness (QED) is 0.772. The number of para-hydroxylation sites is 2. The van der Waals surface area contributed by atoms with E-state index in [2.05, 4.69) is 43.4 Å². The number of hydrogen-bond donors (Lipinski definition) is 1. The maximum Gasteiger partial charge on any atom is 0.173 e. The van der Waals surface area contributed by atoms with Crippen molar-refractivity contribution in [2.75, 3.05) is 19.5 Å². The minimum Gasteiger partial charge on any atom is -0.496 e. The van der Waals surface area contributed by atoms with E-state index in [-0.39, 0.29) is 0 Å². The monoisotopic (exact) mass is 342 g/mol. The molecular weight excluding hydrogens is 316 g/mol. The highest BCUT2D eigenvalue weighted by atomic mass is 32.1. The summed E-state index contributed by atoms with van der Waals surface area (Å²) in [6.07, 6.45) is 1.96. The van der Waals surface area contributed by atoms with Crippen molar-refractivity contribution in [1.82, 2.24) is 4.90 Å². The molecule has 0 radical (unpaired) electrons. The molecule has 0 amide bonds. The smallest absolute Gasteiger partial charge is 0.173 e. The number of ether oxygens (including phenoxy) is 1. The van der Waals surface area contributed by atoms with Crippen LogP contribution in [0.25, 0.3) is 0 Å². The van der Waals surface area contributed by atoms with E-state index in [9.17, 15) is 0 Å². The van der Waals surface area contributed by atoms with Crippen LogP contribution in [0.4, 0.5) is 5.69 Å². The lowest BCUT2D eigenvalue weighted by Gasteiger charge is -2.24. The highest BCUT2D eigenvalue weighted by molar-refractivity contribution is 7.80. The Morgan fingerprint density at radius 3 is 2.17 bits per heavy atom. The summed E-state index contributed by atoms with van der Waals surface area (Å²) in [5.74, 6) is 0.885. The van der Waals surface area contributed by atoms with Crippen molar-refractivity contribution in [3.63, 3.8) is 0 Å². The van der Waals surface area contributed by atoms with Crippen molar-refractivity contribution < 1.29 is 4.74 Å². The molecule has 0 atom stereocenters. The van der Waals surface area contributed by atoms with Crippen LogP contribution in [0.1, 0.15) is 30.5 Å². The van der Waals surface area contributed by atoms with E-state index >= 15 is 0 Å². The molecule has 0 aliphatic carbocycles. The predicted octanol–water partition coefficient (Wildman–Crippen LogP) is 4.65. The average molecular weight is 343 g/mol. The van der Waals surface area contributed by atoms with E-state index in [0.29, 0.717) is 6.54 Å². The standard InChI is InChI=1S/C20H26N2OS/c1-5-15-11-9-12-16(6-2)19(15)21-20(24)22(3)14-17-10-7-8-13-18(17)23-4/h7-13H,5-6,14H2,1-4H3,(H,21,24). The van der Waals surface area contributed by atoms with Gasteiger partial charge in [0, 0.05) is 24.8 Å². The third-order valence-corrected chi connectivity index (χ3v) is 4.59. The first-order valence-corrected chi connectivity index (χ1v) is 8.76. The number of rotatable bonds is 6. The van der Waals surface area contributed by atoms with Crippen LogP contribution in [-0.2, 0) is 19.4 Å². The number of nitrogens with zero attached hydrogens (tertiary/aromatic N) is 1. The van der Waals surface area contributed by atoms with Gasteiger partial charge in [0.2, 0.25) is 0 Å². The number of anilines is 1. The molecule has 3 nitrogen and oxygen atoms in total. The van der Waals surface area contributed by atoms with Gasteiger partial charge in [0.25, 0.3) is 0 Å². The summed E-state index contributed by atoms with van der Waals surface area (Å²) in [5, 5.41) is 4.17. The van der Waals surface area contributed by atoms with E-state index < -0.39 is 0 Å². The van der Waals surface area contributed by atoms with E-state index in [1.165, 1.54) is 11.1 Å². The normalized spacial score (nSPS) is 10.3. The number of methoxy groups -OCH3 is 1. The Kier molecular flexibility index (Phi) is 6.62. The van der Waals surface area contributed by atoms with Crippen molar-refractivity contribution >= 4 is 23.0 Å². The molecule has 0 saturated heterocycles. The number of nitrogens with one attached hydrogen (secondary N) is 1. The molecule has 0 bridgehead atoms. The molecule has 0 heterocycles. The van der Waals surface area contributed by atoms with Gasteiger partial charge in [-0.05, 0) is 42.3 Å². The SMILES string of the molecule is CCc1cccc(CC)c1NC(=S)N(C)Cc1ccccc1OC. The summed E-state index contributed by atoms with van der Waals surface area (Å²) in [6, 6.07) is 14.5. The fourth-order valence-corrected chi connectivity index (χ4v) is 2.93. The van der Waals surface area contributed by atoms with E-state index in [1.54, 1.807) is 7.11 Å². The second-order valence-electron chi connectivity index (χ2n) is 5.76. The van der Waals surface area contributed by atoms with Gasteiger partial charge in [-0.2, -0.15) is 0 Å². The first-order valence-electron chi connectivity index (χ1n) is 8.35. The first kappa shape index (κ1) is 18.3. The molecular formula is C20H26N2OS. The van der Waals surface area contributed by atoms with E-state index in [4.69, 9.17) is 17.0 Å². The van der Waals surface area contributed by atoms with Gasteiger partial charge in [-0.15, -0.1) is 0 Å². The Bertz CT molecular complexity index is 678. The van der Waals surface area contributed by atoms with Gasteiger partial charge >= 0.3 is 0 Å². The predicted molar refractivity (Wildman–Crippen MR) is 106 cm³/mol. The number of hydrogen-bond acceptors (Lipinski definition) is 2. The van der Waals surface area contributed by atoms with Crippen LogP contribution in [0.5, 0.6) is 5.75 Å². The fourth-order valence-electron chi connectivity index (χ4n) is 2.77.